The van der Waals surface area contributed by atoms with E-state index in [0.717, 1.165) is 6.42 Å². The first-order valence-electron chi connectivity index (χ1n) is 6.89. The summed E-state index contributed by atoms with van der Waals surface area (Å²) < 4.78 is 0. The van der Waals surface area contributed by atoms with E-state index in [4.69, 9.17) is 5.84 Å². The van der Waals surface area contributed by atoms with E-state index in [1.54, 1.807) is 0 Å². The molecule has 20 heavy (non-hydrogen) atoms. The van der Waals surface area contributed by atoms with Crippen LogP contribution in [0, 0.1) is 6.92 Å². The molecule has 0 aliphatic carbocycles. The molecule has 3 nitrogen and oxygen atoms in total. The Balaban J connectivity index is 2.22. The second-order valence-corrected chi connectivity index (χ2v) is 5.40. The number of hydrogen-bond donors (Lipinski definition) is 2. The molecule has 2 aromatic rings. The molecule has 0 amide bonds. The third kappa shape index (κ3) is 3.59. The number of rotatable bonds is 5. The number of hydrazine groups is 1. The molecule has 0 saturated heterocycles. The molecule has 0 heterocycles. The largest absolute Gasteiger partial charge is 0.378 e. The Kier molecular flexibility index (Phi) is 4.77. The SMILES string of the molecule is Cc1cccc(CC(NN)c2cccc(N(C)C)c2)c1. The molecule has 0 aliphatic rings. The second-order valence-electron chi connectivity index (χ2n) is 5.40. The van der Waals surface area contributed by atoms with Crippen LogP contribution in [0.4, 0.5) is 5.69 Å². The molecular formula is C17H23N3. The van der Waals surface area contributed by atoms with Crippen LogP contribution in [-0.4, -0.2) is 14.1 Å². The molecule has 0 fully saturated rings. The van der Waals surface area contributed by atoms with Crippen LogP contribution < -0.4 is 16.2 Å². The summed E-state index contributed by atoms with van der Waals surface area (Å²) in [6.07, 6.45) is 0.884. The Bertz CT molecular complexity index is 564. The Morgan fingerprint density at radius 3 is 2.50 bits per heavy atom. The van der Waals surface area contributed by atoms with E-state index in [-0.39, 0.29) is 6.04 Å². The van der Waals surface area contributed by atoms with Gasteiger partial charge in [-0.1, -0.05) is 42.0 Å². The van der Waals surface area contributed by atoms with Gasteiger partial charge in [-0.3, -0.25) is 11.3 Å². The monoisotopic (exact) mass is 269 g/mol. The molecule has 3 heteroatoms. The van der Waals surface area contributed by atoms with Gasteiger partial charge in [0.25, 0.3) is 0 Å². The summed E-state index contributed by atoms with van der Waals surface area (Å²) in [4.78, 5) is 2.10. The minimum absolute atomic E-state index is 0.122. The first-order chi connectivity index (χ1) is 9.60. The minimum Gasteiger partial charge on any atom is -0.378 e. The summed E-state index contributed by atoms with van der Waals surface area (Å²) in [6.45, 7) is 2.11. The predicted molar refractivity (Wildman–Crippen MR) is 85.7 cm³/mol. The molecule has 0 bridgehead atoms. The Morgan fingerprint density at radius 2 is 1.85 bits per heavy atom. The van der Waals surface area contributed by atoms with Gasteiger partial charge < -0.3 is 4.90 Å². The van der Waals surface area contributed by atoms with Crippen LogP contribution in [0.15, 0.2) is 48.5 Å². The van der Waals surface area contributed by atoms with Crippen molar-refractivity contribution in [3.63, 3.8) is 0 Å². The zero-order valence-corrected chi connectivity index (χ0v) is 12.4. The van der Waals surface area contributed by atoms with E-state index < -0.39 is 0 Å². The highest BCUT2D eigenvalue weighted by molar-refractivity contribution is 5.48. The first kappa shape index (κ1) is 14.6. The summed E-state index contributed by atoms with van der Waals surface area (Å²) in [7, 11) is 4.09. The fourth-order valence-electron chi connectivity index (χ4n) is 2.37. The van der Waals surface area contributed by atoms with E-state index >= 15 is 0 Å². The van der Waals surface area contributed by atoms with Crippen molar-refractivity contribution in [1.29, 1.82) is 0 Å². The fraction of sp³-hybridized carbons (Fsp3) is 0.294. The van der Waals surface area contributed by atoms with Crippen LogP contribution in [0.2, 0.25) is 0 Å². The van der Waals surface area contributed by atoms with Crippen LogP contribution in [-0.2, 0) is 6.42 Å². The highest BCUT2D eigenvalue weighted by atomic mass is 15.2. The van der Waals surface area contributed by atoms with Crippen molar-refractivity contribution in [2.45, 2.75) is 19.4 Å². The lowest BCUT2D eigenvalue weighted by Crippen LogP contribution is -2.29. The van der Waals surface area contributed by atoms with Crippen LogP contribution in [0.1, 0.15) is 22.7 Å². The van der Waals surface area contributed by atoms with Crippen LogP contribution >= 0.6 is 0 Å². The number of nitrogens with one attached hydrogen (secondary N) is 1. The van der Waals surface area contributed by atoms with Crippen LogP contribution in [0.3, 0.4) is 0 Å². The van der Waals surface area contributed by atoms with Gasteiger partial charge >= 0.3 is 0 Å². The molecule has 0 radical (unpaired) electrons. The van der Waals surface area contributed by atoms with Gasteiger partial charge in [0.15, 0.2) is 0 Å². The summed E-state index contributed by atoms with van der Waals surface area (Å²) in [5.74, 6) is 5.75. The topological polar surface area (TPSA) is 41.3 Å². The molecule has 0 saturated carbocycles. The van der Waals surface area contributed by atoms with E-state index in [9.17, 15) is 0 Å². The lowest BCUT2D eigenvalue weighted by Gasteiger charge is -2.20. The second kappa shape index (κ2) is 6.55. The van der Waals surface area contributed by atoms with E-state index in [1.165, 1.54) is 22.4 Å². The third-order valence-electron chi connectivity index (χ3n) is 3.51. The van der Waals surface area contributed by atoms with Gasteiger partial charge in [-0.05, 0) is 36.6 Å². The van der Waals surface area contributed by atoms with Gasteiger partial charge in [0, 0.05) is 19.8 Å². The molecule has 0 spiro atoms. The molecule has 0 aliphatic heterocycles. The van der Waals surface area contributed by atoms with Gasteiger partial charge in [0.2, 0.25) is 0 Å². The van der Waals surface area contributed by atoms with Crippen molar-refractivity contribution < 1.29 is 0 Å². The number of aryl methyl sites for hydroxylation is 1. The smallest absolute Gasteiger partial charge is 0.0501 e. The van der Waals surface area contributed by atoms with Gasteiger partial charge in [-0.15, -0.1) is 0 Å². The molecule has 1 atom stereocenters. The van der Waals surface area contributed by atoms with Gasteiger partial charge in [0.05, 0.1) is 6.04 Å². The highest BCUT2D eigenvalue weighted by Gasteiger charge is 2.11. The Labute approximate surface area is 121 Å². The molecule has 106 valence electrons. The van der Waals surface area contributed by atoms with Gasteiger partial charge in [-0.25, -0.2) is 0 Å². The van der Waals surface area contributed by atoms with Crippen molar-refractivity contribution in [2.24, 2.45) is 5.84 Å². The van der Waals surface area contributed by atoms with Crippen LogP contribution in [0.5, 0.6) is 0 Å². The van der Waals surface area contributed by atoms with Crippen LogP contribution in [0.25, 0.3) is 0 Å². The molecular weight excluding hydrogens is 246 g/mol. The molecule has 2 aromatic carbocycles. The quantitative estimate of drug-likeness (QED) is 0.648. The highest BCUT2D eigenvalue weighted by Crippen LogP contribution is 2.22. The van der Waals surface area contributed by atoms with Gasteiger partial charge in [-0.2, -0.15) is 0 Å². The molecule has 3 N–H and O–H groups in total. The molecule has 1 unspecified atom stereocenters. The van der Waals surface area contributed by atoms with Crippen molar-refractivity contribution >= 4 is 5.69 Å². The lowest BCUT2D eigenvalue weighted by molar-refractivity contribution is 0.552. The number of anilines is 1. The lowest BCUT2D eigenvalue weighted by atomic mass is 9.98. The summed E-state index contributed by atoms with van der Waals surface area (Å²) in [6, 6.07) is 17.2. The maximum absolute atomic E-state index is 5.75. The fourth-order valence-corrected chi connectivity index (χ4v) is 2.37. The summed E-state index contributed by atoms with van der Waals surface area (Å²) in [5.41, 5.74) is 7.90. The van der Waals surface area contributed by atoms with E-state index in [2.05, 4.69) is 65.8 Å². The number of benzene rings is 2. The maximum atomic E-state index is 5.75. The minimum atomic E-state index is 0.122. The van der Waals surface area contributed by atoms with Crippen molar-refractivity contribution in [1.82, 2.24) is 5.43 Å². The third-order valence-corrected chi connectivity index (χ3v) is 3.51. The molecule has 2 rings (SSSR count). The zero-order valence-electron chi connectivity index (χ0n) is 12.4. The van der Waals surface area contributed by atoms with Crippen molar-refractivity contribution in [2.75, 3.05) is 19.0 Å². The Morgan fingerprint density at radius 1 is 1.10 bits per heavy atom. The Hall–Kier alpha value is -1.84. The summed E-state index contributed by atoms with van der Waals surface area (Å²) in [5, 5.41) is 0. The van der Waals surface area contributed by atoms with Gasteiger partial charge in [0.1, 0.15) is 0 Å². The van der Waals surface area contributed by atoms with Crippen molar-refractivity contribution in [3.8, 4) is 0 Å². The average Bonchev–Trinajstić information content (AvgIpc) is 2.45. The first-order valence-corrected chi connectivity index (χ1v) is 6.89. The number of nitrogens with zero attached hydrogens (tertiary/aromatic N) is 1. The zero-order chi connectivity index (χ0) is 14.5. The maximum Gasteiger partial charge on any atom is 0.0501 e. The average molecular weight is 269 g/mol. The number of hydrogen-bond acceptors (Lipinski definition) is 3. The molecule has 0 aromatic heterocycles. The number of nitrogens with two attached hydrogens (primary N) is 1. The standard InChI is InChI=1S/C17H23N3/c1-13-6-4-7-14(10-13)11-17(19-18)15-8-5-9-16(12-15)20(2)3/h4-10,12,17,19H,11,18H2,1-3H3. The normalized spacial score (nSPS) is 12.2. The van der Waals surface area contributed by atoms with E-state index in [1.807, 2.05) is 14.1 Å². The van der Waals surface area contributed by atoms with Crippen molar-refractivity contribution in [3.05, 3.63) is 65.2 Å². The summed E-state index contributed by atoms with van der Waals surface area (Å²) >= 11 is 0. The predicted octanol–water partition coefficient (Wildman–Crippen LogP) is 2.81. The van der Waals surface area contributed by atoms with E-state index in [0.29, 0.717) is 0 Å².